The molecule has 2 N–H and O–H groups in total. The minimum absolute atomic E-state index is 0.0762. The Balaban J connectivity index is 2.18. The maximum atomic E-state index is 12.5. The minimum Gasteiger partial charge on any atom is -0.491 e. The molecule has 1 amide bonds. The fourth-order valence-corrected chi connectivity index (χ4v) is 2.64. The average Bonchev–Trinajstić information content (AvgIpc) is 2.95. The predicted molar refractivity (Wildman–Crippen MR) is 100 cm³/mol. The van der Waals surface area contributed by atoms with Gasteiger partial charge >= 0.3 is 5.97 Å². The molecule has 0 spiro atoms. The number of benzene rings is 1. The Morgan fingerprint density at radius 1 is 1.19 bits per heavy atom. The van der Waals surface area contributed by atoms with Crippen molar-refractivity contribution in [2.24, 2.45) is 5.92 Å². The molecule has 8 heteroatoms. The summed E-state index contributed by atoms with van der Waals surface area (Å²) < 4.78 is 7.15. The number of hydrogen-bond acceptors (Lipinski definition) is 5. The average molecular weight is 374 g/mol. The van der Waals surface area contributed by atoms with Gasteiger partial charge in [0.05, 0.1) is 17.5 Å². The van der Waals surface area contributed by atoms with Gasteiger partial charge < -0.3 is 15.2 Å². The summed E-state index contributed by atoms with van der Waals surface area (Å²) in [6.45, 7) is 9.41. The normalized spacial score (nSPS) is 12.3. The number of rotatable bonds is 8. The van der Waals surface area contributed by atoms with Gasteiger partial charge in [0, 0.05) is 0 Å². The maximum absolute atomic E-state index is 12.5. The summed E-state index contributed by atoms with van der Waals surface area (Å²) in [5.74, 6) is -0.744. The van der Waals surface area contributed by atoms with E-state index in [1.807, 2.05) is 52.0 Å². The Hall–Kier alpha value is -2.90. The largest absolute Gasteiger partial charge is 0.491 e. The van der Waals surface area contributed by atoms with Crippen molar-refractivity contribution in [3.8, 4) is 11.4 Å². The molecule has 2 rings (SSSR count). The summed E-state index contributed by atoms with van der Waals surface area (Å²) in [5.41, 5.74) is 1.36. The van der Waals surface area contributed by atoms with Gasteiger partial charge in [-0.25, -0.2) is 9.48 Å². The van der Waals surface area contributed by atoms with Gasteiger partial charge in [0.2, 0.25) is 0 Å². The maximum Gasteiger partial charge on any atom is 0.326 e. The van der Waals surface area contributed by atoms with E-state index < -0.39 is 17.9 Å². The minimum atomic E-state index is -1.07. The van der Waals surface area contributed by atoms with Gasteiger partial charge in [0.15, 0.2) is 5.69 Å². The fourth-order valence-electron chi connectivity index (χ4n) is 2.64. The van der Waals surface area contributed by atoms with Crippen molar-refractivity contribution in [1.82, 2.24) is 20.3 Å². The molecule has 0 unspecified atom stereocenters. The van der Waals surface area contributed by atoms with Gasteiger partial charge in [-0.15, -0.1) is 5.10 Å². The summed E-state index contributed by atoms with van der Waals surface area (Å²) in [5, 5.41) is 19.8. The van der Waals surface area contributed by atoms with Crippen LogP contribution < -0.4 is 10.1 Å². The van der Waals surface area contributed by atoms with Crippen LogP contribution in [0.2, 0.25) is 0 Å². The zero-order chi connectivity index (χ0) is 20.1. The van der Waals surface area contributed by atoms with Crippen molar-refractivity contribution in [1.29, 1.82) is 0 Å². The lowest BCUT2D eigenvalue weighted by Gasteiger charge is -2.15. The Labute approximate surface area is 158 Å². The molecule has 0 aliphatic rings. The number of carbonyl (C=O) groups is 2. The first-order chi connectivity index (χ1) is 12.7. The molecule has 1 aromatic carbocycles. The van der Waals surface area contributed by atoms with Crippen molar-refractivity contribution < 1.29 is 19.4 Å². The lowest BCUT2D eigenvalue weighted by Crippen LogP contribution is -2.42. The first-order valence-corrected chi connectivity index (χ1v) is 8.92. The first-order valence-electron chi connectivity index (χ1n) is 8.92. The van der Waals surface area contributed by atoms with Crippen LogP contribution in [0.4, 0.5) is 0 Å². The highest BCUT2D eigenvalue weighted by Gasteiger charge is 2.25. The van der Waals surface area contributed by atoms with Crippen molar-refractivity contribution in [3.05, 3.63) is 35.7 Å². The van der Waals surface area contributed by atoms with Crippen LogP contribution in [-0.2, 0) is 4.79 Å². The van der Waals surface area contributed by atoms with Crippen LogP contribution in [0.15, 0.2) is 24.3 Å². The molecule has 0 fully saturated rings. The number of nitrogens with zero attached hydrogens (tertiary/aromatic N) is 3. The molecule has 0 saturated carbocycles. The van der Waals surface area contributed by atoms with Crippen molar-refractivity contribution in [2.45, 2.75) is 53.2 Å². The molecule has 8 nitrogen and oxygen atoms in total. The number of ether oxygens (including phenoxy) is 1. The van der Waals surface area contributed by atoms with Crippen LogP contribution >= 0.6 is 0 Å². The third-order valence-corrected chi connectivity index (χ3v) is 3.87. The highest BCUT2D eigenvalue weighted by Crippen LogP contribution is 2.18. The molecule has 146 valence electrons. The van der Waals surface area contributed by atoms with Crippen LogP contribution in [0.25, 0.3) is 5.69 Å². The quantitative estimate of drug-likeness (QED) is 0.736. The number of carboxylic acid groups (broad SMARTS) is 1. The lowest BCUT2D eigenvalue weighted by atomic mass is 10.0. The predicted octanol–water partition coefficient (Wildman–Crippen LogP) is 2.59. The number of hydrogen-bond donors (Lipinski definition) is 2. The van der Waals surface area contributed by atoms with Crippen LogP contribution in [0.5, 0.6) is 5.75 Å². The molecule has 0 bridgehead atoms. The zero-order valence-electron chi connectivity index (χ0n) is 16.3. The second-order valence-corrected chi connectivity index (χ2v) is 7.09. The van der Waals surface area contributed by atoms with E-state index >= 15 is 0 Å². The molecule has 2 aromatic rings. The number of amides is 1. The highest BCUT2D eigenvalue weighted by atomic mass is 16.5. The number of aromatic nitrogens is 3. The van der Waals surface area contributed by atoms with Crippen molar-refractivity contribution in [2.75, 3.05) is 0 Å². The van der Waals surface area contributed by atoms with E-state index in [2.05, 4.69) is 15.6 Å². The Morgan fingerprint density at radius 3 is 2.33 bits per heavy atom. The van der Waals surface area contributed by atoms with Crippen LogP contribution in [-0.4, -0.2) is 44.1 Å². The van der Waals surface area contributed by atoms with E-state index in [0.717, 1.165) is 11.4 Å². The standard InChI is InChI=1S/C19H26N4O4/c1-11(2)10-16(19(25)26)20-18(24)17-13(5)23(22-21-17)14-6-8-15(9-7-14)27-12(3)4/h6-9,11-12,16H,10H2,1-5H3,(H,20,24)(H,25,26)/t16-/m0/s1. The summed E-state index contributed by atoms with van der Waals surface area (Å²) in [4.78, 5) is 23.8. The van der Waals surface area contributed by atoms with E-state index in [1.54, 1.807) is 6.92 Å². The SMILES string of the molecule is Cc1c(C(=O)N[C@@H](CC(C)C)C(=O)O)nnn1-c1ccc(OC(C)C)cc1. The first kappa shape index (κ1) is 20.4. The summed E-state index contributed by atoms with van der Waals surface area (Å²) in [7, 11) is 0. The zero-order valence-corrected chi connectivity index (χ0v) is 16.3. The second kappa shape index (κ2) is 8.66. The molecule has 1 atom stereocenters. The number of carboxylic acids is 1. The van der Waals surface area contributed by atoms with Crippen molar-refractivity contribution >= 4 is 11.9 Å². The van der Waals surface area contributed by atoms with E-state index in [0.29, 0.717) is 12.1 Å². The lowest BCUT2D eigenvalue weighted by molar-refractivity contribution is -0.139. The third kappa shape index (κ3) is 5.29. The summed E-state index contributed by atoms with van der Waals surface area (Å²) >= 11 is 0. The van der Waals surface area contributed by atoms with E-state index in [9.17, 15) is 14.7 Å². The van der Waals surface area contributed by atoms with Gasteiger partial charge in [0.1, 0.15) is 11.8 Å². The topological polar surface area (TPSA) is 106 Å². The van der Waals surface area contributed by atoms with E-state index in [1.165, 1.54) is 4.68 Å². The van der Waals surface area contributed by atoms with Crippen LogP contribution in [0, 0.1) is 12.8 Å². The molecule has 0 aliphatic heterocycles. The van der Waals surface area contributed by atoms with Gasteiger partial charge in [-0.05, 0) is 57.4 Å². The molecule has 1 heterocycles. The second-order valence-electron chi connectivity index (χ2n) is 7.09. The summed E-state index contributed by atoms with van der Waals surface area (Å²) in [6, 6.07) is 6.31. The van der Waals surface area contributed by atoms with E-state index in [-0.39, 0.29) is 17.7 Å². The molecule has 0 saturated heterocycles. The number of nitrogens with one attached hydrogen (secondary N) is 1. The van der Waals surface area contributed by atoms with E-state index in [4.69, 9.17) is 4.74 Å². The number of carbonyl (C=O) groups excluding carboxylic acids is 1. The molecular formula is C19H26N4O4. The van der Waals surface area contributed by atoms with Gasteiger partial charge in [-0.2, -0.15) is 0 Å². The molecular weight excluding hydrogens is 348 g/mol. The fraction of sp³-hybridized carbons (Fsp3) is 0.474. The Bertz CT molecular complexity index is 797. The number of aliphatic carboxylic acids is 1. The van der Waals surface area contributed by atoms with Crippen LogP contribution in [0.1, 0.15) is 50.3 Å². The van der Waals surface area contributed by atoms with Crippen LogP contribution in [0.3, 0.4) is 0 Å². The monoisotopic (exact) mass is 374 g/mol. The highest BCUT2D eigenvalue weighted by molar-refractivity contribution is 5.95. The summed E-state index contributed by atoms with van der Waals surface area (Å²) in [6.07, 6.45) is 0.415. The Kier molecular flexibility index (Phi) is 6.55. The van der Waals surface area contributed by atoms with Crippen molar-refractivity contribution in [3.63, 3.8) is 0 Å². The Morgan fingerprint density at radius 2 is 1.81 bits per heavy atom. The molecule has 0 radical (unpaired) electrons. The molecule has 27 heavy (non-hydrogen) atoms. The van der Waals surface area contributed by atoms with Gasteiger partial charge in [-0.3, -0.25) is 4.79 Å². The van der Waals surface area contributed by atoms with Gasteiger partial charge in [-0.1, -0.05) is 19.1 Å². The van der Waals surface area contributed by atoms with Gasteiger partial charge in [0.25, 0.3) is 5.91 Å². The third-order valence-electron chi connectivity index (χ3n) is 3.87. The molecule has 1 aromatic heterocycles. The smallest absolute Gasteiger partial charge is 0.326 e. The molecule has 0 aliphatic carbocycles.